The lowest BCUT2D eigenvalue weighted by Gasteiger charge is -2.15. The van der Waals surface area contributed by atoms with Crippen LogP contribution in [0.15, 0.2) is 0 Å². The van der Waals surface area contributed by atoms with Gasteiger partial charge in [-0.05, 0) is 19.8 Å². The molecule has 0 rings (SSSR count). The molecule has 0 saturated heterocycles. The Balaban J connectivity index is 4.00. The molecule has 15 heavy (non-hydrogen) atoms. The molecular formula is C7H19NO5P2. The lowest BCUT2D eigenvalue weighted by Crippen LogP contribution is -2.14. The summed E-state index contributed by atoms with van der Waals surface area (Å²) < 4.78 is 21.6. The molecule has 6 nitrogen and oxygen atoms in total. The third-order valence-electron chi connectivity index (χ3n) is 2.08. The van der Waals surface area contributed by atoms with Gasteiger partial charge in [0.2, 0.25) is 8.03 Å². The van der Waals surface area contributed by atoms with Crippen LogP contribution in [-0.4, -0.2) is 26.1 Å². The van der Waals surface area contributed by atoms with E-state index in [4.69, 9.17) is 20.4 Å². The van der Waals surface area contributed by atoms with Gasteiger partial charge in [-0.15, -0.1) is 0 Å². The van der Waals surface area contributed by atoms with E-state index in [0.29, 0.717) is 12.8 Å². The zero-order valence-corrected chi connectivity index (χ0v) is 10.6. The van der Waals surface area contributed by atoms with Crippen molar-refractivity contribution in [2.45, 2.75) is 44.0 Å². The van der Waals surface area contributed by atoms with E-state index in [-0.39, 0.29) is 12.5 Å². The second-order valence-corrected chi connectivity index (χ2v) is 7.37. The number of unbranched alkanes of at least 4 members (excludes halogenated alkanes) is 1. The van der Waals surface area contributed by atoms with Crippen molar-refractivity contribution in [3.05, 3.63) is 0 Å². The number of nitrogens with two attached hydrogens (primary N) is 1. The largest absolute Gasteiger partial charge is 0.346 e. The SMILES string of the molecule is CC(N)CCCCC([PH](=O)O)P(=O)(O)O. The number of rotatable bonds is 7. The molecule has 0 aliphatic heterocycles. The molecule has 0 aromatic carbocycles. The highest BCUT2D eigenvalue weighted by Crippen LogP contribution is 2.53. The minimum Gasteiger partial charge on any atom is -0.346 e. The van der Waals surface area contributed by atoms with Gasteiger partial charge in [0.05, 0.1) is 0 Å². The number of hydrogen-bond acceptors (Lipinski definition) is 3. The Kier molecular flexibility index (Phi) is 6.93. The van der Waals surface area contributed by atoms with Crippen molar-refractivity contribution in [3.8, 4) is 0 Å². The molecule has 0 aromatic heterocycles. The average molecular weight is 259 g/mol. The Hall–Kier alpha value is 0.300. The molecule has 0 aromatic rings. The molecule has 0 aliphatic rings. The maximum absolute atomic E-state index is 10.8. The van der Waals surface area contributed by atoms with Crippen molar-refractivity contribution in [3.63, 3.8) is 0 Å². The van der Waals surface area contributed by atoms with Crippen LogP contribution in [0, 0.1) is 0 Å². The molecule has 3 unspecified atom stereocenters. The summed E-state index contributed by atoms with van der Waals surface area (Å²) in [5.74, 6) is 0. The molecular weight excluding hydrogens is 240 g/mol. The van der Waals surface area contributed by atoms with Crippen molar-refractivity contribution in [1.29, 1.82) is 0 Å². The fourth-order valence-corrected chi connectivity index (χ4v) is 3.36. The summed E-state index contributed by atoms with van der Waals surface area (Å²) in [6.07, 6.45) is 2.04. The van der Waals surface area contributed by atoms with Crippen molar-refractivity contribution < 1.29 is 23.8 Å². The Morgan fingerprint density at radius 1 is 1.33 bits per heavy atom. The molecule has 0 saturated carbocycles. The molecule has 0 heterocycles. The molecule has 92 valence electrons. The first kappa shape index (κ1) is 15.3. The molecule has 0 amide bonds. The van der Waals surface area contributed by atoms with Crippen LogP contribution in [0.2, 0.25) is 0 Å². The molecule has 5 N–H and O–H groups in total. The maximum atomic E-state index is 10.8. The van der Waals surface area contributed by atoms with Gasteiger partial charge in [-0.2, -0.15) is 0 Å². The second-order valence-electron chi connectivity index (χ2n) is 3.70. The first-order valence-corrected chi connectivity index (χ1v) is 7.90. The Morgan fingerprint density at radius 2 is 1.80 bits per heavy atom. The van der Waals surface area contributed by atoms with E-state index in [9.17, 15) is 9.13 Å². The average Bonchev–Trinajstić information content (AvgIpc) is 1.99. The van der Waals surface area contributed by atoms with Crippen LogP contribution < -0.4 is 5.73 Å². The van der Waals surface area contributed by atoms with Gasteiger partial charge in [-0.1, -0.05) is 12.8 Å². The minimum absolute atomic E-state index is 0.0460. The summed E-state index contributed by atoms with van der Waals surface area (Å²) in [6.45, 7) is 1.84. The molecule has 0 spiro atoms. The Morgan fingerprint density at radius 3 is 2.13 bits per heavy atom. The van der Waals surface area contributed by atoms with Crippen molar-refractivity contribution in [2.24, 2.45) is 5.73 Å². The van der Waals surface area contributed by atoms with E-state index in [2.05, 4.69) is 0 Å². The first-order valence-electron chi connectivity index (χ1n) is 4.78. The monoisotopic (exact) mass is 259 g/mol. The minimum atomic E-state index is -4.44. The van der Waals surface area contributed by atoms with E-state index >= 15 is 0 Å². The lowest BCUT2D eigenvalue weighted by molar-refractivity contribution is 0.361. The predicted octanol–water partition coefficient (Wildman–Crippen LogP) is 0.865. The fraction of sp³-hybridized carbons (Fsp3) is 1.00. The second kappa shape index (κ2) is 6.79. The van der Waals surface area contributed by atoms with E-state index < -0.39 is 21.0 Å². The van der Waals surface area contributed by atoms with Gasteiger partial charge < -0.3 is 20.4 Å². The quantitative estimate of drug-likeness (QED) is 0.397. The standard InChI is InChI=1S/C7H19NO5P2/c1-6(8)4-2-3-5-7(14(9)10)15(11,12)13/h6-7,14H,2-5,8H2,1H3,(H,9,10)(H2,11,12,13). The third-order valence-corrected chi connectivity index (χ3v) is 5.68. The molecule has 8 heteroatoms. The van der Waals surface area contributed by atoms with E-state index in [0.717, 1.165) is 6.42 Å². The van der Waals surface area contributed by atoms with Gasteiger partial charge in [-0.25, -0.2) is 0 Å². The Bertz CT molecular complexity index is 252. The van der Waals surface area contributed by atoms with E-state index in [1.807, 2.05) is 6.92 Å². The fourth-order valence-electron chi connectivity index (χ4n) is 1.24. The van der Waals surface area contributed by atoms with Crippen molar-refractivity contribution in [2.75, 3.05) is 0 Å². The summed E-state index contributed by atoms with van der Waals surface area (Å²) in [4.78, 5) is 26.4. The van der Waals surface area contributed by atoms with Gasteiger partial charge in [-0.3, -0.25) is 9.13 Å². The van der Waals surface area contributed by atoms with Crippen LogP contribution in [-0.2, 0) is 9.13 Å². The summed E-state index contributed by atoms with van der Waals surface area (Å²) in [5, 5.41) is -1.39. The van der Waals surface area contributed by atoms with Crippen LogP contribution >= 0.6 is 15.6 Å². The molecule has 0 radical (unpaired) electrons. The van der Waals surface area contributed by atoms with Crippen molar-refractivity contribution >= 4 is 15.6 Å². The smallest absolute Gasteiger partial charge is 0.337 e. The summed E-state index contributed by atoms with van der Waals surface area (Å²) in [6, 6.07) is 0.0460. The molecule has 0 aliphatic carbocycles. The van der Waals surface area contributed by atoms with Gasteiger partial charge in [0.25, 0.3) is 0 Å². The van der Waals surface area contributed by atoms with Crippen LogP contribution in [0.3, 0.4) is 0 Å². The summed E-state index contributed by atoms with van der Waals surface area (Å²) in [7, 11) is -7.62. The van der Waals surface area contributed by atoms with Gasteiger partial charge in [0.15, 0.2) is 0 Å². The third kappa shape index (κ3) is 7.23. The highest BCUT2D eigenvalue weighted by Gasteiger charge is 2.32. The first-order chi connectivity index (χ1) is 6.75. The number of hydrogen-bond donors (Lipinski definition) is 4. The van der Waals surface area contributed by atoms with Gasteiger partial charge in [0.1, 0.15) is 5.40 Å². The van der Waals surface area contributed by atoms with Crippen LogP contribution in [0.5, 0.6) is 0 Å². The summed E-state index contributed by atoms with van der Waals surface area (Å²) >= 11 is 0. The predicted molar refractivity (Wildman–Crippen MR) is 59.2 cm³/mol. The maximum Gasteiger partial charge on any atom is 0.337 e. The van der Waals surface area contributed by atoms with Crippen LogP contribution in [0.25, 0.3) is 0 Å². The lowest BCUT2D eigenvalue weighted by atomic mass is 10.1. The normalized spacial score (nSPS) is 18.5. The highest BCUT2D eigenvalue weighted by atomic mass is 31.2. The van der Waals surface area contributed by atoms with Gasteiger partial charge in [0, 0.05) is 6.04 Å². The summed E-state index contributed by atoms with van der Waals surface area (Å²) in [5.41, 5.74) is 5.50. The van der Waals surface area contributed by atoms with Crippen LogP contribution in [0.4, 0.5) is 0 Å². The van der Waals surface area contributed by atoms with Gasteiger partial charge >= 0.3 is 7.60 Å². The Labute approximate surface area is 89.9 Å². The van der Waals surface area contributed by atoms with E-state index in [1.54, 1.807) is 0 Å². The van der Waals surface area contributed by atoms with Crippen molar-refractivity contribution in [1.82, 2.24) is 0 Å². The zero-order valence-electron chi connectivity index (χ0n) is 8.67. The molecule has 3 atom stereocenters. The molecule has 0 fully saturated rings. The molecule has 0 bridgehead atoms. The highest BCUT2D eigenvalue weighted by molar-refractivity contribution is 7.65. The zero-order chi connectivity index (χ0) is 12.1. The topological polar surface area (TPSA) is 121 Å². The van der Waals surface area contributed by atoms with E-state index in [1.165, 1.54) is 0 Å². The van der Waals surface area contributed by atoms with Crippen LogP contribution in [0.1, 0.15) is 32.6 Å².